The lowest BCUT2D eigenvalue weighted by molar-refractivity contribution is 0.0968. The van der Waals surface area contributed by atoms with Gasteiger partial charge in [0.05, 0.1) is 0 Å². The molecule has 0 aliphatic carbocycles. The summed E-state index contributed by atoms with van der Waals surface area (Å²) in [6, 6.07) is 22.0. The highest BCUT2D eigenvalue weighted by molar-refractivity contribution is 8.02. The molecule has 0 radical (unpaired) electrons. The summed E-state index contributed by atoms with van der Waals surface area (Å²) in [7, 11) is 0. The van der Waals surface area contributed by atoms with Crippen LogP contribution in [0.15, 0.2) is 71.3 Å². The number of hydrogen-bond acceptors (Lipinski definition) is 4. The fraction of sp³-hybridized carbons (Fsp3) is 0.0556. The average Bonchev–Trinajstić information content (AvgIpc) is 2.62. The molecule has 0 saturated carbocycles. The molecule has 0 unspecified atom stereocenters. The van der Waals surface area contributed by atoms with Gasteiger partial charge in [0.15, 0.2) is 5.57 Å². The number of carbonyl (C=O) groups excluding carboxylic acids is 1. The van der Waals surface area contributed by atoms with Crippen LogP contribution in [-0.2, 0) is 5.75 Å². The van der Waals surface area contributed by atoms with Gasteiger partial charge in [-0.15, -0.1) is 11.8 Å². The van der Waals surface area contributed by atoms with Gasteiger partial charge in [-0.1, -0.05) is 48.5 Å². The molecule has 0 bridgehead atoms. The van der Waals surface area contributed by atoms with Crippen molar-refractivity contribution in [2.24, 2.45) is 0 Å². The highest BCUT2D eigenvalue weighted by atomic mass is 32.2. The van der Waals surface area contributed by atoms with Gasteiger partial charge in [0.2, 0.25) is 0 Å². The smallest absolute Gasteiger partial charge is 0.256 e. The van der Waals surface area contributed by atoms with Crippen molar-refractivity contribution < 1.29 is 4.79 Å². The second kappa shape index (κ2) is 8.43. The molecule has 0 fully saturated rings. The number of carbonyl (C=O) groups is 1. The number of allylic oxidation sites excluding steroid dienone is 1. The molecule has 2 aromatic carbocycles. The van der Waals surface area contributed by atoms with Gasteiger partial charge < -0.3 is 5.32 Å². The van der Waals surface area contributed by atoms with Crippen LogP contribution >= 0.6 is 11.8 Å². The number of nitriles is 2. The Kier molecular flexibility index (Phi) is 5.99. The molecule has 0 saturated heterocycles. The van der Waals surface area contributed by atoms with E-state index in [1.807, 2.05) is 48.5 Å². The first kappa shape index (κ1) is 16.4. The maximum absolute atomic E-state index is 12.2. The van der Waals surface area contributed by atoms with E-state index in [2.05, 4.69) is 5.32 Å². The van der Waals surface area contributed by atoms with E-state index in [1.54, 1.807) is 24.3 Å². The van der Waals surface area contributed by atoms with Crippen LogP contribution < -0.4 is 5.32 Å². The number of thioether (sulfide) groups is 1. The number of benzene rings is 2. The molecule has 0 heterocycles. The van der Waals surface area contributed by atoms with Crippen LogP contribution in [0.25, 0.3) is 0 Å². The molecule has 2 rings (SSSR count). The standard InChI is InChI=1S/C18H13N3OS/c19-11-16(12-20)18(23-13-14-7-3-1-4-8-14)21-17(22)15-9-5-2-6-10-15/h1-10H,13H2,(H,21,22). The Bertz CT molecular complexity index is 771. The molecule has 2 aromatic rings. The zero-order valence-corrected chi connectivity index (χ0v) is 13.0. The van der Waals surface area contributed by atoms with Crippen molar-refractivity contribution in [2.45, 2.75) is 5.75 Å². The second-order valence-corrected chi connectivity index (χ2v) is 5.51. The molecular formula is C18H13N3OS. The Labute approximate surface area is 139 Å². The molecule has 0 aliphatic rings. The summed E-state index contributed by atoms with van der Waals surface area (Å²) in [5.74, 6) is 0.210. The van der Waals surface area contributed by atoms with E-state index in [0.29, 0.717) is 11.3 Å². The number of nitrogens with zero attached hydrogens (tertiary/aromatic N) is 2. The second-order valence-electron chi connectivity index (χ2n) is 4.52. The molecular weight excluding hydrogens is 306 g/mol. The summed E-state index contributed by atoms with van der Waals surface area (Å²) in [6.07, 6.45) is 0. The van der Waals surface area contributed by atoms with E-state index >= 15 is 0 Å². The molecule has 0 aliphatic heterocycles. The largest absolute Gasteiger partial charge is 0.315 e. The fourth-order valence-electron chi connectivity index (χ4n) is 1.79. The minimum atomic E-state index is -0.343. The summed E-state index contributed by atoms with van der Waals surface area (Å²) < 4.78 is 0. The lowest BCUT2D eigenvalue weighted by Gasteiger charge is -2.10. The highest BCUT2D eigenvalue weighted by Crippen LogP contribution is 2.22. The highest BCUT2D eigenvalue weighted by Gasteiger charge is 2.13. The Morgan fingerprint density at radius 1 is 0.957 bits per heavy atom. The molecule has 5 heteroatoms. The fourth-order valence-corrected chi connectivity index (χ4v) is 2.70. The molecule has 0 atom stereocenters. The summed E-state index contributed by atoms with van der Waals surface area (Å²) in [5, 5.41) is 21.1. The molecule has 1 amide bonds. The van der Waals surface area contributed by atoms with E-state index in [1.165, 1.54) is 11.8 Å². The molecule has 1 N–H and O–H groups in total. The van der Waals surface area contributed by atoms with Crippen molar-refractivity contribution in [3.8, 4) is 12.1 Å². The Hall–Kier alpha value is -3.02. The van der Waals surface area contributed by atoms with Crippen LogP contribution in [0.1, 0.15) is 15.9 Å². The number of amides is 1. The van der Waals surface area contributed by atoms with Gasteiger partial charge in [-0.2, -0.15) is 10.5 Å². The van der Waals surface area contributed by atoms with Crippen molar-refractivity contribution in [1.82, 2.24) is 5.32 Å². The average molecular weight is 319 g/mol. The zero-order valence-electron chi connectivity index (χ0n) is 12.2. The molecule has 23 heavy (non-hydrogen) atoms. The third-order valence-electron chi connectivity index (χ3n) is 2.94. The third kappa shape index (κ3) is 4.74. The minimum Gasteiger partial charge on any atom is -0.315 e. The van der Waals surface area contributed by atoms with Gasteiger partial charge in [-0.05, 0) is 17.7 Å². The number of nitrogens with one attached hydrogen (secondary N) is 1. The van der Waals surface area contributed by atoms with E-state index in [9.17, 15) is 4.79 Å². The van der Waals surface area contributed by atoms with Gasteiger partial charge in [-0.25, -0.2) is 0 Å². The van der Waals surface area contributed by atoms with Gasteiger partial charge in [0.1, 0.15) is 17.2 Å². The van der Waals surface area contributed by atoms with E-state index < -0.39 is 0 Å². The van der Waals surface area contributed by atoms with E-state index in [-0.39, 0.29) is 16.5 Å². The van der Waals surface area contributed by atoms with Crippen molar-refractivity contribution in [3.63, 3.8) is 0 Å². The lowest BCUT2D eigenvalue weighted by Crippen LogP contribution is -2.22. The van der Waals surface area contributed by atoms with Crippen molar-refractivity contribution in [3.05, 3.63) is 82.4 Å². The van der Waals surface area contributed by atoms with Crippen LogP contribution in [-0.4, -0.2) is 5.91 Å². The van der Waals surface area contributed by atoms with Crippen LogP contribution in [0.2, 0.25) is 0 Å². The Morgan fingerprint density at radius 3 is 2.09 bits per heavy atom. The number of hydrogen-bond donors (Lipinski definition) is 1. The Balaban J connectivity index is 2.16. The SMILES string of the molecule is N#CC(C#N)=C(NC(=O)c1ccccc1)SCc1ccccc1. The minimum absolute atomic E-state index is 0.102. The van der Waals surface area contributed by atoms with E-state index in [0.717, 1.165) is 5.56 Å². The monoisotopic (exact) mass is 319 g/mol. The van der Waals surface area contributed by atoms with Crippen LogP contribution in [0.4, 0.5) is 0 Å². The van der Waals surface area contributed by atoms with Crippen LogP contribution in [0.5, 0.6) is 0 Å². The van der Waals surface area contributed by atoms with Gasteiger partial charge in [0.25, 0.3) is 5.91 Å². The van der Waals surface area contributed by atoms with E-state index in [4.69, 9.17) is 10.5 Å². The first-order valence-corrected chi connectivity index (χ1v) is 7.80. The normalized spacial score (nSPS) is 9.30. The summed E-state index contributed by atoms with van der Waals surface area (Å²) in [5.41, 5.74) is 1.41. The molecule has 4 nitrogen and oxygen atoms in total. The third-order valence-corrected chi connectivity index (χ3v) is 4.01. The lowest BCUT2D eigenvalue weighted by atomic mass is 10.2. The topological polar surface area (TPSA) is 76.7 Å². The van der Waals surface area contributed by atoms with Crippen molar-refractivity contribution in [1.29, 1.82) is 10.5 Å². The molecule has 0 spiro atoms. The predicted octanol–water partition coefficient (Wildman–Crippen LogP) is 3.61. The predicted molar refractivity (Wildman–Crippen MR) is 89.9 cm³/mol. The van der Waals surface area contributed by atoms with Crippen molar-refractivity contribution >= 4 is 17.7 Å². The molecule has 112 valence electrons. The van der Waals surface area contributed by atoms with Gasteiger partial charge >= 0.3 is 0 Å². The Morgan fingerprint density at radius 2 is 1.52 bits per heavy atom. The first-order chi connectivity index (χ1) is 11.2. The quantitative estimate of drug-likeness (QED) is 0.854. The van der Waals surface area contributed by atoms with Gasteiger partial charge in [0, 0.05) is 11.3 Å². The van der Waals surface area contributed by atoms with Crippen LogP contribution in [0.3, 0.4) is 0 Å². The zero-order chi connectivity index (χ0) is 16.5. The summed E-state index contributed by atoms with van der Waals surface area (Å²) >= 11 is 1.26. The van der Waals surface area contributed by atoms with Gasteiger partial charge in [-0.3, -0.25) is 4.79 Å². The van der Waals surface area contributed by atoms with Crippen molar-refractivity contribution in [2.75, 3.05) is 0 Å². The maximum atomic E-state index is 12.2. The van der Waals surface area contributed by atoms with Crippen LogP contribution in [0, 0.1) is 22.7 Å². The number of rotatable bonds is 5. The maximum Gasteiger partial charge on any atom is 0.256 e. The first-order valence-electron chi connectivity index (χ1n) is 6.82. The summed E-state index contributed by atoms with van der Waals surface area (Å²) in [4.78, 5) is 12.2. The summed E-state index contributed by atoms with van der Waals surface area (Å²) in [6.45, 7) is 0. The molecule has 0 aromatic heterocycles.